The first-order chi connectivity index (χ1) is 7.18. The zero-order valence-corrected chi connectivity index (χ0v) is 8.37. The van der Waals surface area contributed by atoms with Gasteiger partial charge in [0, 0.05) is 23.5 Å². The minimum atomic E-state index is -0.451. The molecule has 76 valence electrons. The Morgan fingerprint density at radius 2 is 2.07 bits per heavy atom. The zero-order chi connectivity index (χ0) is 10.8. The van der Waals surface area contributed by atoms with Gasteiger partial charge in [-0.3, -0.25) is 4.98 Å². The van der Waals surface area contributed by atoms with Crippen LogP contribution in [0.2, 0.25) is 5.02 Å². The molecular weight excluding hydrogens is 217 g/mol. The number of hydrogen-bond acceptors (Lipinski definition) is 3. The molecule has 0 bridgehead atoms. The molecule has 0 aromatic carbocycles. The molecule has 0 aliphatic rings. The predicted octanol–water partition coefficient (Wildman–Crippen LogP) is 2.52. The van der Waals surface area contributed by atoms with Crippen LogP contribution in [0.1, 0.15) is 0 Å². The van der Waals surface area contributed by atoms with Gasteiger partial charge in [0.1, 0.15) is 11.6 Å². The number of rotatable bonds is 1. The van der Waals surface area contributed by atoms with Crippen molar-refractivity contribution in [1.29, 1.82) is 0 Å². The van der Waals surface area contributed by atoms with Crippen LogP contribution in [0, 0.1) is 5.82 Å². The Hall–Kier alpha value is -1.68. The molecule has 0 amide bonds. The number of anilines is 1. The second kappa shape index (κ2) is 3.82. The van der Waals surface area contributed by atoms with E-state index in [-0.39, 0.29) is 5.82 Å². The average molecular weight is 224 g/mol. The Balaban J connectivity index is 2.64. The molecule has 2 aromatic heterocycles. The fourth-order valence-electron chi connectivity index (χ4n) is 1.26. The molecule has 0 aliphatic heterocycles. The number of nitrogen functional groups attached to an aromatic ring is 1. The van der Waals surface area contributed by atoms with Gasteiger partial charge in [-0.15, -0.1) is 0 Å². The van der Waals surface area contributed by atoms with Crippen molar-refractivity contribution in [3.63, 3.8) is 0 Å². The summed E-state index contributed by atoms with van der Waals surface area (Å²) >= 11 is 5.76. The Morgan fingerprint density at radius 1 is 1.27 bits per heavy atom. The van der Waals surface area contributed by atoms with Crippen LogP contribution in [-0.4, -0.2) is 9.97 Å². The van der Waals surface area contributed by atoms with Crippen molar-refractivity contribution in [3.05, 3.63) is 41.6 Å². The predicted molar refractivity (Wildman–Crippen MR) is 56.8 cm³/mol. The topological polar surface area (TPSA) is 51.8 Å². The first kappa shape index (κ1) is 9.86. The van der Waals surface area contributed by atoms with Crippen LogP contribution in [0.15, 0.2) is 30.7 Å². The minimum absolute atomic E-state index is 0.240. The molecule has 0 saturated carbocycles. The molecule has 3 nitrogen and oxygen atoms in total. The SMILES string of the molecule is Nc1ncc(Cl)cc1-c1ccncc1F. The van der Waals surface area contributed by atoms with Crippen LogP contribution in [0.5, 0.6) is 0 Å². The van der Waals surface area contributed by atoms with Crippen LogP contribution < -0.4 is 5.73 Å². The minimum Gasteiger partial charge on any atom is -0.383 e. The molecule has 2 heterocycles. The van der Waals surface area contributed by atoms with Gasteiger partial charge >= 0.3 is 0 Å². The highest BCUT2D eigenvalue weighted by atomic mass is 35.5. The Kier molecular flexibility index (Phi) is 2.51. The maximum atomic E-state index is 13.4. The van der Waals surface area contributed by atoms with Crippen LogP contribution in [-0.2, 0) is 0 Å². The molecular formula is C10H7ClFN3. The van der Waals surface area contributed by atoms with Crippen LogP contribution >= 0.6 is 11.6 Å². The van der Waals surface area contributed by atoms with Gasteiger partial charge in [-0.2, -0.15) is 0 Å². The highest BCUT2D eigenvalue weighted by Gasteiger charge is 2.09. The lowest BCUT2D eigenvalue weighted by molar-refractivity contribution is 0.625. The van der Waals surface area contributed by atoms with Gasteiger partial charge in [0.25, 0.3) is 0 Å². The number of aromatic nitrogens is 2. The van der Waals surface area contributed by atoms with Gasteiger partial charge in [0.2, 0.25) is 0 Å². The quantitative estimate of drug-likeness (QED) is 0.808. The van der Waals surface area contributed by atoms with Crippen molar-refractivity contribution in [2.75, 3.05) is 5.73 Å². The Bertz CT molecular complexity index is 502. The number of nitrogens with zero attached hydrogens (tertiary/aromatic N) is 2. The molecule has 0 spiro atoms. The van der Waals surface area contributed by atoms with Crippen LogP contribution in [0.25, 0.3) is 11.1 Å². The summed E-state index contributed by atoms with van der Waals surface area (Å²) in [5.41, 5.74) is 6.45. The van der Waals surface area contributed by atoms with Crippen LogP contribution in [0.4, 0.5) is 10.2 Å². The smallest absolute Gasteiger partial charge is 0.149 e. The van der Waals surface area contributed by atoms with Crippen molar-refractivity contribution in [2.45, 2.75) is 0 Å². The number of halogens is 2. The monoisotopic (exact) mass is 223 g/mol. The second-order valence-corrected chi connectivity index (χ2v) is 3.38. The maximum absolute atomic E-state index is 13.4. The van der Waals surface area contributed by atoms with Crippen molar-refractivity contribution < 1.29 is 4.39 Å². The standard InChI is InChI=1S/C10H7ClFN3/c11-6-3-8(10(13)15-4-6)7-1-2-14-5-9(7)12/h1-5H,(H2,13,15). The van der Waals surface area contributed by atoms with E-state index in [9.17, 15) is 4.39 Å². The van der Waals surface area contributed by atoms with Crippen molar-refractivity contribution in [3.8, 4) is 11.1 Å². The largest absolute Gasteiger partial charge is 0.383 e. The molecule has 0 aliphatic carbocycles. The van der Waals surface area contributed by atoms with E-state index in [1.165, 1.54) is 18.5 Å². The van der Waals surface area contributed by atoms with Gasteiger partial charge < -0.3 is 5.73 Å². The molecule has 0 atom stereocenters. The Morgan fingerprint density at radius 3 is 2.80 bits per heavy atom. The summed E-state index contributed by atoms with van der Waals surface area (Å²) in [6.45, 7) is 0. The van der Waals surface area contributed by atoms with E-state index in [2.05, 4.69) is 9.97 Å². The average Bonchev–Trinajstić information content (AvgIpc) is 2.23. The van der Waals surface area contributed by atoms with E-state index in [0.717, 1.165) is 6.20 Å². The van der Waals surface area contributed by atoms with Crippen molar-refractivity contribution in [2.24, 2.45) is 0 Å². The second-order valence-electron chi connectivity index (χ2n) is 2.94. The Labute approximate surface area is 90.7 Å². The summed E-state index contributed by atoms with van der Waals surface area (Å²) < 4.78 is 13.4. The first-order valence-corrected chi connectivity index (χ1v) is 4.57. The van der Waals surface area contributed by atoms with Gasteiger partial charge in [0.05, 0.1) is 11.2 Å². The normalized spacial score (nSPS) is 10.3. The molecule has 0 saturated heterocycles. The van der Waals surface area contributed by atoms with E-state index < -0.39 is 5.82 Å². The van der Waals surface area contributed by atoms with E-state index in [1.807, 2.05) is 0 Å². The third-order valence-electron chi connectivity index (χ3n) is 1.95. The molecule has 0 unspecified atom stereocenters. The highest BCUT2D eigenvalue weighted by molar-refractivity contribution is 6.30. The van der Waals surface area contributed by atoms with Crippen molar-refractivity contribution in [1.82, 2.24) is 9.97 Å². The summed E-state index contributed by atoms with van der Waals surface area (Å²) in [5, 5.41) is 0.412. The number of pyridine rings is 2. The van der Waals surface area contributed by atoms with Crippen LogP contribution in [0.3, 0.4) is 0 Å². The fourth-order valence-corrected chi connectivity index (χ4v) is 1.42. The molecule has 0 fully saturated rings. The summed E-state index contributed by atoms with van der Waals surface area (Å²) in [6.07, 6.45) is 4.02. The van der Waals surface area contributed by atoms with E-state index >= 15 is 0 Å². The number of hydrogen-bond donors (Lipinski definition) is 1. The third-order valence-corrected chi connectivity index (χ3v) is 2.15. The van der Waals surface area contributed by atoms with Gasteiger partial charge in [-0.25, -0.2) is 9.37 Å². The lowest BCUT2D eigenvalue weighted by Gasteiger charge is -2.05. The van der Waals surface area contributed by atoms with E-state index in [4.69, 9.17) is 17.3 Å². The maximum Gasteiger partial charge on any atom is 0.149 e. The molecule has 2 aromatic rings. The zero-order valence-electron chi connectivity index (χ0n) is 7.61. The summed E-state index contributed by atoms with van der Waals surface area (Å²) in [7, 11) is 0. The summed E-state index contributed by atoms with van der Waals surface area (Å²) in [4.78, 5) is 7.51. The fraction of sp³-hybridized carbons (Fsp3) is 0. The molecule has 15 heavy (non-hydrogen) atoms. The van der Waals surface area contributed by atoms with Crippen molar-refractivity contribution >= 4 is 17.4 Å². The van der Waals surface area contributed by atoms with E-state index in [1.54, 1.807) is 6.07 Å². The highest BCUT2D eigenvalue weighted by Crippen LogP contribution is 2.28. The molecule has 2 N–H and O–H groups in total. The number of nitrogens with two attached hydrogens (primary N) is 1. The molecule has 0 radical (unpaired) electrons. The van der Waals surface area contributed by atoms with Gasteiger partial charge in [-0.1, -0.05) is 11.6 Å². The molecule has 2 rings (SSSR count). The first-order valence-electron chi connectivity index (χ1n) is 4.19. The lowest BCUT2D eigenvalue weighted by Crippen LogP contribution is -1.95. The van der Waals surface area contributed by atoms with E-state index in [0.29, 0.717) is 16.1 Å². The third kappa shape index (κ3) is 1.89. The van der Waals surface area contributed by atoms with Gasteiger partial charge in [-0.05, 0) is 12.1 Å². The lowest BCUT2D eigenvalue weighted by atomic mass is 10.1. The molecule has 5 heteroatoms. The van der Waals surface area contributed by atoms with Gasteiger partial charge in [0.15, 0.2) is 0 Å². The summed E-state index contributed by atoms with van der Waals surface area (Å²) in [5.74, 6) is -0.210. The summed E-state index contributed by atoms with van der Waals surface area (Å²) in [6, 6.07) is 3.10.